The van der Waals surface area contributed by atoms with Crippen molar-refractivity contribution in [1.29, 1.82) is 0 Å². The van der Waals surface area contributed by atoms with Gasteiger partial charge in [0.25, 0.3) is 5.91 Å². The molecule has 0 saturated heterocycles. The number of halogens is 1. The summed E-state index contributed by atoms with van der Waals surface area (Å²) in [4.78, 5) is 16.4. The van der Waals surface area contributed by atoms with Crippen LogP contribution < -0.4 is 21.1 Å². The molecule has 0 saturated carbocycles. The average molecular weight is 429 g/mol. The van der Waals surface area contributed by atoms with Crippen molar-refractivity contribution in [3.05, 3.63) is 64.3 Å². The Balaban J connectivity index is 2.12. The molecule has 0 spiro atoms. The highest BCUT2D eigenvalue weighted by molar-refractivity contribution is 6.32. The Morgan fingerprint density at radius 1 is 1.27 bits per heavy atom. The fourth-order valence-corrected chi connectivity index (χ4v) is 3.69. The Bertz CT molecular complexity index is 1060. The molecule has 7 nitrogen and oxygen atoms in total. The molecule has 0 aliphatic heterocycles. The maximum Gasteiger partial charge on any atom is 0.250 e. The molecule has 0 bridgehead atoms. The number of primary amides is 1. The van der Waals surface area contributed by atoms with Crippen LogP contribution in [0.25, 0.3) is 10.9 Å². The molecule has 0 unspecified atom stereocenters. The summed E-state index contributed by atoms with van der Waals surface area (Å²) in [6.07, 6.45) is 1.71. The van der Waals surface area contributed by atoms with Crippen molar-refractivity contribution in [2.45, 2.75) is 12.6 Å². The first-order valence-corrected chi connectivity index (χ1v) is 9.81. The summed E-state index contributed by atoms with van der Waals surface area (Å²) in [5.41, 5.74) is 9.15. The van der Waals surface area contributed by atoms with E-state index in [1.807, 2.05) is 31.3 Å². The number of carbonyl (C=O) groups excluding carboxylic acids is 1. The first-order chi connectivity index (χ1) is 14.5. The number of hydrogen-bond donors (Lipinski definition) is 3. The summed E-state index contributed by atoms with van der Waals surface area (Å²) in [5, 5.41) is 8.12. The van der Waals surface area contributed by atoms with Gasteiger partial charge in [-0.2, -0.15) is 0 Å². The predicted molar refractivity (Wildman–Crippen MR) is 119 cm³/mol. The number of rotatable bonds is 9. The van der Waals surface area contributed by atoms with Crippen LogP contribution in [0.1, 0.15) is 27.5 Å². The summed E-state index contributed by atoms with van der Waals surface area (Å²) in [5.74, 6) is 0.0939. The number of methoxy groups -OCH3 is 2. The van der Waals surface area contributed by atoms with E-state index in [0.29, 0.717) is 35.0 Å². The molecular weight excluding hydrogens is 404 g/mol. The molecule has 0 aliphatic rings. The molecule has 3 aromatic rings. The highest BCUT2D eigenvalue weighted by Crippen LogP contribution is 2.33. The van der Waals surface area contributed by atoms with E-state index in [1.54, 1.807) is 32.5 Å². The monoisotopic (exact) mass is 428 g/mol. The number of nitrogens with zero attached hydrogens (tertiary/aromatic N) is 1. The zero-order chi connectivity index (χ0) is 21.7. The van der Waals surface area contributed by atoms with Gasteiger partial charge in [0.2, 0.25) is 0 Å². The first kappa shape index (κ1) is 21.8. The van der Waals surface area contributed by atoms with Crippen LogP contribution in [0.5, 0.6) is 5.75 Å². The zero-order valence-electron chi connectivity index (χ0n) is 17.2. The van der Waals surface area contributed by atoms with Crippen LogP contribution in [0.2, 0.25) is 5.02 Å². The van der Waals surface area contributed by atoms with Gasteiger partial charge in [0, 0.05) is 30.8 Å². The van der Waals surface area contributed by atoms with Crippen LogP contribution in [0.15, 0.2) is 42.6 Å². The van der Waals surface area contributed by atoms with E-state index in [1.165, 1.54) is 0 Å². The fraction of sp³-hybridized carbons (Fsp3) is 0.273. The average Bonchev–Trinajstić information content (AvgIpc) is 2.74. The molecule has 3 rings (SSSR count). The van der Waals surface area contributed by atoms with Crippen molar-refractivity contribution in [3.63, 3.8) is 0 Å². The van der Waals surface area contributed by atoms with Gasteiger partial charge in [-0.3, -0.25) is 9.78 Å². The molecule has 1 amide bonds. The van der Waals surface area contributed by atoms with Crippen molar-refractivity contribution in [2.75, 3.05) is 33.1 Å². The second kappa shape index (κ2) is 9.75. The van der Waals surface area contributed by atoms with Gasteiger partial charge < -0.3 is 25.8 Å². The van der Waals surface area contributed by atoms with Gasteiger partial charge in [-0.1, -0.05) is 29.8 Å². The number of amides is 1. The van der Waals surface area contributed by atoms with Crippen LogP contribution >= 0.6 is 11.6 Å². The summed E-state index contributed by atoms with van der Waals surface area (Å²) < 4.78 is 10.6. The van der Waals surface area contributed by atoms with Crippen molar-refractivity contribution in [2.24, 2.45) is 5.73 Å². The Kier molecular flexibility index (Phi) is 7.10. The number of fused-ring (bicyclic) bond motifs is 1. The van der Waals surface area contributed by atoms with E-state index in [9.17, 15) is 4.79 Å². The Morgan fingerprint density at radius 2 is 2.07 bits per heavy atom. The second-order valence-electron chi connectivity index (χ2n) is 6.81. The lowest BCUT2D eigenvalue weighted by molar-refractivity contribution is 0.100. The number of carbonyl (C=O) groups is 1. The van der Waals surface area contributed by atoms with Crippen molar-refractivity contribution in [1.82, 2.24) is 10.3 Å². The van der Waals surface area contributed by atoms with Crippen molar-refractivity contribution < 1.29 is 14.3 Å². The zero-order valence-corrected chi connectivity index (χ0v) is 17.9. The number of ether oxygens (including phenoxy) is 2. The topological polar surface area (TPSA) is 98.5 Å². The Morgan fingerprint density at radius 3 is 2.70 bits per heavy atom. The van der Waals surface area contributed by atoms with Crippen molar-refractivity contribution in [3.8, 4) is 5.75 Å². The molecule has 0 radical (unpaired) electrons. The van der Waals surface area contributed by atoms with Gasteiger partial charge in [0.05, 0.1) is 41.5 Å². The minimum atomic E-state index is -0.521. The van der Waals surface area contributed by atoms with E-state index < -0.39 is 5.91 Å². The third-order valence-electron chi connectivity index (χ3n) is 4.85. The second-order valence-corrected chi connectivity index (χ2v) is 7.21. The minimum absolute atomic E-state index is 0.114. The third kappa shape index (κ3) is 4.48. The van der Waals surface area contributed by atoms with Crippen LogP contribution in [0, 0.1) is 0 Å². The fourth-order valence-electron chi connectivity index (χ4n) is 3.43. The number of likely N-dealkylation sites (N-methyl/N-ethyl adjacent to an activating group) is 1. The van der Waals surface area contributed by atoms with Crippen LogP contribution in [-0.2, 0) is 11.3 Å². The highest BCUT2D eigenvalue weighted by Gasteiger charge is 2.19. The minimum Gasteiger partial charge on any atom is -0.495 e. The number of benzene rings is 2. The molecule has 0 fully saturated rings. The van der Waals surface area contributed by atoms with Crippen LogP contribution in [-0.4, -0.2) is 38.7 Å². The number of para-hydroxylation sites is 1. The molecule has 8 heteroatoms. The van der Waals surface area contributed by atoms with Gasteiger partial charge >= 0.3 is 0 Å². The van der Waals surface area contributed by atoms with Gasteiger partial charge in [-0.25, -0.2) is 0 Å². The lowest BCUT2D eigenvalue weighted by Gasteiger charge is -2.24. The maximum absolute atomic E-state index is 11.9. The molecule has 158 valence electrons. The van der Waals surface area contributed by atoms with Gasteiger partial charge in [0.15, 0.2) is 0 Å². The van der Waals surface area contributed by atoms with Crippen LogP contribution in [0.3, 0.4) is 0 Å². The van der Waals surface area contributed by atoms with Gasteiger partial charge in [-0.05, 0) is 30.8 Å². The quantitative estimate of drug-likeness (QED) is 0.482. The van der Waals surface area contributed by atoms with Crippen molar-refractivity contribution >= 4 is 34.1 Å². The van der Waals surface area contributed by atoms with Crippen LogP contribution in [0.4, 0.5) is 5.69 Å². The molecule has 4 N–H and O–H groups in total. The normalized spacial score (nSPS) is 12.0. The summed E-state index contributed by atoms with van der Waals surface area (Å²) in [6.45, 7) is 0.996. The highest BCUT2D eigenvalue weighted by atomic mass is 35.5. The number of nitrogens with two attached hydrogens (primary N) is 1. The lowest BCUT2D eigenvalue weighted by atomic mass is 10.0. The number of nitrogens with one attached hydrogen (secondary N) is 2. The molecule has 30 heavy (non-hydrogen) atoms. The Hall–Kier alpha value is -2.87. The standard InChI is InChI=1S/C22H25ClN4O3/c1-25-11-18(13-7-8-19(30-3)17(23)9-13)27-20-14(12-29-2)10-26-21-15(20)5-4-6-16(21)22(24)28/h4-10,18,25H,11-12H2,1-3H3,(H2,24,28)(H,26,27)/t18-/m1/s1. The molecule has 0 aliphatic carbocycles. The summed E-state index contributed by atoms with van der Waals surface area (Å²) in [7, 11) is 5.09. The largest absolute Gasteiger partial charge is 0.495 e. The predicted octanol–water partition coefficient (Wildman–Crippen LogP) is 3.51. The number of pyridine rings is 1. The number of aromatic nitrogens is 1. The smallest absolute Gasteiger partial charge is 0.250 e. The first-order valence-electron chi connectivity index (χ1n) is 9.44. The molecular formula is C22H25ClN4O3. The summed E-state index contributed by atoms with van der Waals surface area (Å²) in [6, 6.07) is 10.9. The third-order valence-corrected chi connectivity index (χ3v) is 5.14. The van der Waals surface area contributed by atoms with E-state index in [2.05, 4.69) is 15.6 Å². The number of anilines is 1. The molecule has 2 aromatic carbocycles. The van der Waals surface area contributed by atoms with Gasteiger partial charge in [0.1, 0.15) is 5.75 Å². The van der Waals surface area contributed by atoms with E-state index in [4.69, 9.17) is 26.8 Å². The summed E-state index contributed by atoms with van der Waals surface area (Å²) >= 11 is 6.35. The Labute approximate surface area is 180 Å². The van der Waals surface area contributed by atoms with E-state index >= 15 is 0 Å². The van der Waals surface area contributed by atoms with E-state index in [-0.39, 0.29) is 6.04 Å². The van der Waals surface area contributed by atoms with E-state index in [0.717, 1.165) is 22.2 Å². The molecule has 1 atom stereocenters. The SMILES string of the molecule is CNC[C@@H](Nc1c(COC)cnc2c(C(N)=O)cccc12)c1ccc(OC)c(Cl)c1. The molecule has 1 aromatic heterocycles. The maximum atomic E-state index is 11.9. The molecule has 1 heterocycles. The van der Waals surface area contributed by atoms with Gasteiger partial charge in [-0.15, -0.1) is 0 Å². The lowest BCUT2D eigenvalue weighted by Crippen LogP contribution is -2.24. The number of hydrogen-bond acceptors (Lipinski definition) is 6.